The molecule has 24 heavy (non-hydrogen) atoms. The third-order valence-electron chi connectivity index (χ3n) is 5.04. The maximum Gasteiger partial charge on any atom is 0.226 e. The predicted octanol–water partition coefficient (Wildman–Crippen LogP) is 4.12. The van der Waals surface area contributed by atoms with Crippen molar-refractivity contribution in [3.05, 3.63) is 71.9 Å². The van der Waals surface area contributed by atoms with E-state index in [0.29, 0.717) is 12.3 Å². The van der Waals surface area contributed by atoms with Gasteiger partial charge in [-0.05, 0) is 35.9 Å². The number of nitrogens with one attached hydrogen (secondary N) is 1. The van der Waals surface area contributed by atoms with Crippen LogP contribution in [0.2, 0.25) is 0 Å². The Hall–Kier alpha value is -2.55. The lowest BCUT2D eigenvalue weighted by Gasteiger charge is -2.31. The van der Waals surface area contributed by atoms with Gasteiger partial charge in [0.05, 0.1) is 6.42 Å². The normalized spacial score (nSPS) is 15.8. The Bertz CT molecular complexity index is 796. The van der Waals surface area contributed by atoms with Gasteiger partial charge in [-0.15, -0.1) is 0 Å². The molecule has 0 radical (unpaired) electrons. The number of likely N-dealkylation sites (tertiary alicyclic amines) is 1. The standard InChI is InChI=1S/C21H22N2O/c24-21(14-16-6-2-1-3-7-16)23-12-10-17(11-13-23)20-15-18-8-4-5-9-19(18)22-20/h1-9,15,17,22H,10-14H2. The lowest BCUT2D eigenvalue weighted by atomic mass is 9.93. The summed E-state index contributed by atoms with van der Waals surface area (Å²) in [5.74, 6) is 0.773. The number of rotatable bonds is 3. The Labute approximate surface area is 142 Å². The number of H-pyrrole nitrogens is 1. The van der Waals surface area contributed by atoms with Crippen LogP contribution in [-0.4, -0.2) is 28.9 Å². The van der Waals surface area contributed by atoms with Crippen LogP contribution in [0.1, 0.15) is 30.0 Å². The van der Waals surface area contributed by atoms with Gasteiger partial charge in [0.25, 0.3) is 0 Å². The molecular formula is C21H22N2O. The molecule has 1 saturated heterocycles. The minimum Gasteiger partial charge on any atom is -0.358 e. The van der Waals surface area contributed by atoms with E-state index in [2.05, 4.69) is 35.3 Å². The van der Waals surface area contributed by atoms with Gasteiger partial charge in [0.15, 0.2) is 0 Å². The number of hydrogen-bond acceptors (Lipinski definition) is 1. The second-order valence-corrected chi connectivity index (χ2v) is 6.63. The van der Waals surface area contributed by atoms with E-state index in [0.717, 1.165) is 31.5 Å². The molecule has 3 nitrogen and oxygen atoms in total. The number of aromatic nitrogens is 1. The first-order chi connectivity index (χ1) is 11.8. The number of para-hydroxylation sites is 1. The highest BCUT2D eigenvalue weighted by Gasteiger charge is 2.24. The number of carbonyl (C=O) groups is 1. The molecule has 0 aliphatic carbocycles. The van der Waals surface area contributed by atoms with Gasteiger partial charge in [0.2, 0.25) is 5.91 Å². The minimum absolute atomic E-state index is 0.247. The number of aromatic amines is 1. The number of piperidine rings is 1. The Morgan fingerprint density at radius 1 is 1.00 bits per heavy atom. The van der Waals surface area contributed by atoms with Crippen LogP contribution in [0.3, 0.4) is 0 Å². The number of amides is 1. The molecule has 0 spiro atoms. The molecule has 122 valence electrons. The molecule has 1 N–H and O–H groups in total. The largest absolute Gasteiger partial charge is 0.358 e. The molecule has 1 aromatic heterocycles. The van der Waals surface area contributed by atoms with Gasteiger partial charge in [-0.3, -0.25) is 4.79 Å². The van der Waals surface area contributed by atoms with Crippen molar-refractivity contribution in [3.63, 3.8) is 0 Å². The summed E-state index contributed by atoms with van der Waals surface area (Å²) in [7, 11) is 0. The van der Waals surface area contributed by atoms with E-state index < -0.39 is 0 Å². The van der Waals surface area contributed by atoms with Crippen molar-refractivity contribution in [2.24, 2.45) is 0 Å². The molecule has 0 saturated carbocycles. The summed E-state index contributed by atoms with van der Waals surface area (Å²) in [5, 5.41) is 1.27. The Morgan fingerprint density at radius 3 is 2.46 bits per heavy atom. The Morgan fingerprint density at radius 2 is 1.71 bits per heavy atom. The van der Waals surface area contributed by atoms with E-state index >= 15 is 0 Å². The van der Waals surface area contributed by atoms with E-state index in [1.54, 1.807) is 0 Å². The zero-order valence-corrected chi connectivity index (χ0v) is 13.7. The highest BCUT2D eigenvalue weighted by molar-refractivity contribution is 5.80. The second kappa shape index (κ2) is 6.52. The average molecular weight is 318 g/mol. The predicted molar refractivity (Wildman–Crippen MR) is 97.0 cm³/mol. The summed E-state index contributed by atoms with van der Waals surface area (Å²) >= 11 is 0. The number of benzene rings is 2. The number of carbonyl (C=O) groups excluding carboxylic acids is 1. The molecular weight excluding hydrogens is 296 g/mol. The summed E-state index contributed by atoms with van der Waals surface area (Å²) in [6, 6.07) is 20.7. The van der Waals surface area contributed by atoms with Crippen LogP contribution in [0.15, 0.2) is 60.7 Å². The Kier molecular flexibility index (Phi) is 4.08. The summed E-state index contributed by atoms with van der Waals surface area (Å²) < 4.78 is 0. The van der Waals surface area contributed by atoms with Gasteiger partial charge < -0.3 is 9.88 Å². The van der Waals surface area contributed by atoms with Crippen molar-refractivity contribution in [1.29, 1.82) is 0 Å². The topological polar surface area (TPSA) is 36.1 Å². The third-order valence-corrected chi connectivity index (χ3v) is 5.04. The van der Waals surface area contributed by atoms with Crippen LogP contribution < -0.4 is 0 Å². The molecule has 0 unspecified atom stereocenters. The molecule has 2 heterocycles. The van der Waals surface area contributed by atoms with E-state index in [-0.39, 0.29) is 5.91 Å². The summed E-state index contributed by atoms with van der Waals surface area (Å²) in [4.78, 5) is 18.0. The Balaban J connectivity index is 1.38. The monoisotopic (exact) mass is 318 g/mol. The second-order valence-electron chi connectivity index (χ2n) is 6.63. The summed E-state index contributed by atoms with van der Waals surface area (Å²) in [5.41, 5.74) is 3.61. The molecule has 0 bridgehead atoms. The molecule has 0 atom stereocenters. The van der Waals surface area contributed by atoms with Crippen molar-refractivity contribution in [1.82, 2.24) is 9.88 Å². The van der Waals surface area contributed by atoms with Crippen LogP contribution in [0.4, 0.5) is 0 Å². The van der Waals surface area contributed by atoms with Gasteiger partial charge in [0, 0.05) is 30.2 Å². The maximum absolute atomic E-state index is 12.5. The van der Waals surface area contributed by atoms with Crippen LogP contribution in [-0.2, 0) is 11.2 Å². The summed E-state index contributed by atoms with van der Waals surface area (Å²) in [6.07, 6.45) is 2.58. The maximum atomic E-state index is 12.5. The van der Waals surface area contributed by atoms with Crippen LogP contribution in [0.25, 0.3) is 10.9 Å². The minimum atomic E-state index is 0.247. The highest BCUT2D eigenvalue weighted by atomic mass is 16.2. The molecule has 1 aliphatic heterocycles. The zero-order chi connectivity index (χ0) is 16.4. The van der Waals surface area contributed by atoms with Crippen molar-refractivity contribution in [2.75, 3.05) is 13.1 Å². The van der Waals surface area contributed by atoms with E-state index in [9.17, 15) is 4.79 Å². The van der Waals surface area contributed by atoms with Gasteiger partial charge >= 0.3 is 0 Å². The fourth-order valence-corrected chi connectivity index (χ4v) is 3.64. The first kappa shape index (κ1) is 15.0. The molecule has 1 amide bonds. The van der Waals surface area contributed by atoms with Crippen molar-refractivity contribution < 1.29 is 4.79 Å². The molecule has 3 heteroatoms. The SMILES string of the molecule is O=C(Cc1ccccc1)N1CCC(c2cc3ccccc3[nH]2)CC1. The average Bonchev–Trinajstić information content (AvgIpc) is 3.07. The molecule has 3 aromatic rings. The lowest BCUT2D eigenvalue weighted by Crippen LogP contribution is -2.38. The van der Waals surface area contributed by atoms with Crippen LogP contribution in [0.5, 0.6) is 0 Å². The quantitative estimate of drug-likeness (QED) is 0.775. The fourth-order valence-electron chi connectivity index (χ4n) is 3.64. The first-order valence-electron chi connectivity index (χ1n) is 8.69. The molecule has 4 rings (SSSR count). The molecule has 1 fully saturated rings. The van der Waals surface area contributed by atoms with Gasteiger partial charge in [-0.2, -0.15) is 0 Å². The van der Waals surface area contributed by atoms with Gasteiger partial charge in [0.1, 0.15) is 0 Å². The number of nitrogens with zero attached hydrogens (tertiary/aromatic N) is 1. The third kappa shape index (κ3) is 3.07. The van der Waals surface area contributed by atoms with Crippen LogP contribution in [0, 0.1) is 0 Å². The zero-order valence-electron chi connectivity index (χ0n) is 13.7. The smallest absolute Gasteiger partial charge is 0.226 e. The van der Waals surface area contributed by atoms with Crippen molar-refractivity contribution >= 4 is 16.8 Å². The lowest BCUT2D eigenvalue weighted by molar-refractivity contribution is -0.131. The first-order valence-corrected chi connectivity index (χ1v) is 8.69. The van der Waals surface area contributed by atoms with E-state index in [4.69, 9.17) is 0 Å². The van der Waals surface area contributed by atoms with Crippen molar-refractivity contribution in [2.45, 2.75) is 25.2 Å². The molecule has 2 aromatic carbocycles. The number of fused-ring (bicyclic) bond motifs is 1. The van der Waals surface area contributed by atoms with Gasteiger partial charge in [-0.1, -0.05) is 48.5 Å². The van der Waals surface area contributed by atoms with E-state index in [1.165, 1.54) is 16.6 Å². The fraction of sp³-hybridized carbons (Fsp3) is 0.286. The summed E-state index contributed by atoms with van der Waals surface area (Å²) in [6.45, 7) is 1.71. The van der Waals surface area contributed by atoms with Crippen LogP contribution >= 0.6 is 0 Å². The van der Waals surface area contributed by atoms with Gasteiger partial charge in [-0.25, -0.2) is 0 Å². The molecule has 1 aliphatic rings. The van der Waals surface area contributed by atoms with E-state index in [1.807, 2.05) is 35.2 Å². The van der Waals surface area contributed by atoms with Crippen molar-refractivity contribution in [3.8, 4) is 0 Å². The number of hydrogen-bond donors (Lipinski definition) is 1. The highest BCUT2D eigenvalue weighted by Crippen LogP contribution is 2.30.